The van der Waals surface area contributed by atoms with Crippen molar-refractivity contribution >= 4 is 17.6 Å². The van der Waals surface area contributed by atoms with E-state index >= 15 is 0 Å². The number of nitrogens with one attached hydrogen (secondary N) is 1. The van der Waals surface area contributed by atoms with Gasteiger partial charge < -0.3 is 10.1 Å². The van der Waals surface area contributed by atoms with Gasteiger partial charge in [-0.3, -0.25) is 9.59 Å². The maximum atomic E-state index is 12.0. The number of anilines is 1. The fourth-order valence-corrected chi connectivity index (χ4v) is 2.40. The second kappa shape index (κ2) is 6.89. The molecule has 2 rings (SSSR count). The molecule has 1 atom stereocenters. The van der Waals surface area contributed by atoms with Crippen LogP contribution in [-0.2, 0) is 14.3 Å². The van der Waals surface area contributed by atoms with Crippen molar-refractivity contribution in [2.24, 2.45) is 5.92 Å². The summed E-state index contributed by atoms with van der Waals surface area (Å²) in [6, 6.07) is 8.60. The first-order valence-electron chi connectivity index (χ1n) is 7.11. The van der Waals surface area contributed by atoms with E-state index in [1.807, 2.05) is 6.07 Å². The average Bonchev–Trinajstić information content (AvgIpc) is 3.01. The fourth-order valence-electron chi connectivity index (χ4n) is 2.40. The van der Waals surface area contributed by atoms with Crippen LogP contribution < -0.4 is 5.32 Å². The van der Waals surface area contributed by atoms with Gasteiger partial charge in [-0.05, 0) is 38.0 Å². The molecular weight excluding hydrogens is 268 g/mol. The molecule has 1 saturated carbocycles. The molecule has 0 radical (unpaired) electrons. The lowest BCUT2D eigenvalue weighted by Gasteiger charge is -2.16. The van der Waals surface area contributed by atoms with Gasteiger partial charge in [-0.1, -0.05) is 18.9 Å². The molecule has 110 valence electrons. The van der Waals surface area contributed by atoms with Crippen molar-refractivity contribution in [2.75, 3.05) is 5.32 Å². The van der Waals surface area contributed by atoms with Crippen molar-refractivity contribution in [3.8, 4) is 6.07 Å². The van der Waals surface area contributed by atoms with E-state index in [1.54, 1.807) is 31.2 Å². The van der Waals surface area contributed by atoms with Gasteiger partial charge in [0.05, 0.1) is 17.6 Å². The van der Waals surface area contributed by atoms with Gasteiger partial charge >= 0.3 is 5.97 Å². The smallest absolute Gasteiger partial charge is 0.309 e. The van der Waals surface area contributed by atoms with Gasteiger partial charge in [0.25, 0.3) is 5.91 Å². The molecule has 0 aliphatic heterocycles. The van der Waals surface area contributed by atoms with Crippen LogP contribution in [0.5, 0.6) is 0 Å². The predicted molar refractivity (Wildman–Crippen MR) is 77.3 cm³/mol. The Morgan fingerprint density at radius 1 is 1.38 bits per heavy atom. The monoisotopic (exact) mass is 286 g/mol. The summed E-state index contributed by atoms with van der Waals surface area (Å²) >= 11 is 0. The van der Waals surface area contributed by atoms with Crippen molar-refractivity contribution in [2.45, 2.75) is 38.7 Å². The summed E-state index contributed by atoms with van der Waals surface area (Å²) in [7, 11) is 0. The first-order valence-corrected chi connectivity index (χ1v) is 7.11. The number of nitriles is 1. The summed E-state index contributed by atoms with van der Waals surface area (Å²) in [6.07, 6.45) is 2.93. The highest BCUT2D eigenvalue weighted by Gasteiger charge is 2.27. The highest BCUT2D eigenvalue weighted by Crippen LogP contribution is 2.26. The van der Waals surface area contributed by atoms with Gasteiger partial charge in [-0.25, -0.2) is 0 Å². The number of rotatable bonds is 4. The lowest BCUT2D eigenvalue weighted by Crippen LogP contribution is -2.31. The van der Waals surface area contributed by atoms with E-state index in [1.165, 1.54) is 0 Å². The number of esters is 1. The molecule has 0 unspecified atom stereocenters. The third kappa shape index (κ3) is 4.06. The van der Waals surface area contributed by atoms with Crippen LogP contribution in [0, 0.1) is 17.2 Å². The van der Waals surface area contributed by atoms with Crippen LogP contribution >= 0.6 is 0 Å². The zero-order valence-electron chi connectivity index (χ0n) is 12.0. The zero-order chi connectivity index (χ0) is 15.2. The molecule has 0 bridgehead atoms. The van der Waals surface area contributed by atoms with Gasteiger partial charge in [0.1, 0.15) is 0 Å². The Hall–Kier alpha value is -2.35. The van der Waals surface area contributed by atoms with Crippen LogP contribution in [0.25, 0.3) is 0 Å². The van der Waals surface area contributed by atoms with Crippen LogP contribution in [0.4, 0.5) is 5.69 Å². The second-order valence-corrected chi connectivity index (χ2v) is 5.24. The van der Waals surface area contributed by atoms with Crippen molar-refractivity contribution in [3.05, 3.63) is 29.8 Å². The van der Waals surface area contributed by atoms with E-state index in [4.69, 9.17) is 10.00 Å². The maximum absolute atomic E-state index is 12.0. The zero-order valence-corrected chi connectivity index (χ0v) is 12.0. The van der Waals surface area contributed by atoms with Crippen LogP contribution in [0.2, 0.25) is 0 Å². The van der Waals surface area contributed by atoms with Crippen LogP contribution in [-0.4, -0.2) is 18.0 Å². The van der Waals surface area contributed by atoms with E-state index < -0.39 is 12.0 Å². The first kappa shape index (κ1) is 15.0. The van der Waals surface area contributed by atoms with E-state index in [2.05, 4.69) is 5.32 Å². The molecule has 1 aromatic carbocycles. The minimum Gasteiger partial charge on any atom is -0.452 e. The Balaban J connectivity index is 1.90. The van der Waals surface area contributed by atoms with Crippen molar-refractivity contribution < 1.29 is 14.3 Å². The number of amides is 1. The van der Waals surface area contributed by atoms with Gasteiger partial charge in [0.2, 0.25) is 0 Å². The molecule has 21 heavy (non-hydrogen) atoms. The van der Waals surface area contributed by atoms with Gasteiger partial charge in [0, 0.05) is 5.69 Å². The average molecular weight is 286 g/mol. The minimum atomic E-state index is -0.844. The molecule has 0 spiro atoms. The molecule has 5 heteroatoms. The first-order chi connectivity index (χ1) is 10.1. The standard InChI is InChI=1S/C16H18N2O3/c1-11(21-16(20)13-6-2-3-7-13)15(19)18-14-8-4-5-12(9-14)10-17/h4-5,8-9,11,13H,2-3,6-7H2,1H3,(H,18,19)/t11-/m1/s1. The molecule has 1 aromatic rings. The summed E-state index contributed by atoms with van der Waals surface area (Å²) in [4.78, 5) is 23.9. The van der Waals surface area contributed by atoms with E-state index in [0.29, 0.717) is 11.3 Å². The van der Waals surface area contributed by atoms with Gasteiger partial charge in [-0.2, -0.15) is 5.26 Å². The van der Waals surface area contributed by atoms with Crippen molar-refractivity contribution in [3.63, 3.8) is 0 Å². The third-order valence-electron chi connectivity index (χ3n) is 3.61. The third-order valence-corrected chi connectivity index (χ3v) is 3.61. The summed E-state index contributed by atoms with van der Waals surface area (Å²) in [6.45, 7) is 1.55. The molecule has 1 fully saturated rings. The predicted octanol–water partition coefficient (Wildman–Crippen LogP) is 2.62. The Kier molecular flexibility index (Phi) is 4.94. The summed E-state index contributed by atoms with van der Waals surface area (Å²) in [5, 5.41) is 11.5. The fraction of sp³-hybridized carbons (Fsp3) is 0.438. The Bertz CT molecular complexity index is 571. The van der Waals surface area contributed by atoms with E-state index in [0.717, 1.165) is 25.7 Å². The number of hydrogen-bond donors (Lipinski definition) is 1. The van der Waals surface area contributed by atoms with Crippen molar-refractivity contribution in [1.82, 2.24) is 0 Å². The van der Waals surface area contributed by atoms with Crippen LogP contribution in [0.15, 0.2) is 24.3 Å². The van der Waals surface area contributed by atoms with E-state index in [-0.39, 0.29) is 11.9 Å². The molecule has 1 N–H and O–H groups in total. The van der Waals surface area contributed by atoms with Gasteiger partial charge in [0.15, 0.2) is 6.10 Å². The number of hydrogen-bond acceptors (Lipinski definition) is 4. The molecule has 1 aliphatic rings. The highest BCUT2D eigenvalue weighted by molar-refractivity contribution is 5.95. The lowest BCUT2D eigenvalue weighted by molar-refractivity contribution is -0.157. The topological polar surface area (TPSA) is 79.2 Å². The molecular formula is C16H18N2O3. The summed E-state index contributed by atoms with van der Waals surface area (Å²) in [5.74, 6) is -0.750. The number of nitrogens with zero attached hydrogens (tertiary/aromatic N) is 1. The highest BCUT2D eigenvalue weighted by atomic mass is 16.5. The normalized spacial score (nSPS) is 16.0. The quantitative estimate of drug-likeness (QED) is 0.863. The number of benzene rings is 1. The number of carbonyl (C=O) groups excluding carboxylic acids is 2. The second-order valence-electron chi connectivity index (χ2n) is 5.24. The Labute approximate surface area is 123 Å². The largest absolute Gasteiger partial charge is 0.452 e. The lowest BCUT2D eigenvalue weighted by atomic mass is 10.1. The SMILES string of the molecule is C[C@@H](OC(=O)C1CCCC1)C(=O)Nc1cccc(C#N)c1. The molecule has 0 heterocycles. The maximum Gasteiger partial charge on any atom is 0.309 e. The van der Waals surface area contributed by atoms with Crippen LogP contribution in [0.3, 0.4) is 0 Å². The summed E-state index contributed by atoms with van der Waals surface area (Å²) in [5.41, 5.74) is 0.978. The Morgan fingerprint density at radius 2 is 2.10 bits per heavy atom. The molecule has 0 aromatic heterocycles. The molecule has 1 amide bonds. The Morgan fingerprint density at radius 3 is 2.76 bits per heavy atom. The molecule has 1 aliphatic carbocycles. The van der Waals surface area contributed by atoms with Gasteiger partial charge in [-0.15, -0.1) is 0 Å². The molecule has 0 saturated heterocycles. The number of carbonyl (C=O) groups is 2. The molecule has 5 nitrogen and oxygen atoms in total. The van der Waals surface area contributed by atoms with E-state index in [9.17, 15) is 9.59 Å². The van der Waals surface area contributed by atoms with Crippen molar-refractivity contribution in [1.29, 1.82) is 5.26 Å². The van der Waals surface area contributed by atoms with Crippen LogP contribution in [0.1, 0.15) is 38.2 Å². The summed E-state index contributed by atoms with van der Waals surface area (Å²) < 4.78 is 5.21. The number of ether oxygens (including phenoxy) is 1. The minimum absolute atomic E-state index is 0.0674.